The van der Waals surface area contributed by atoms with Crippen LogP contribution in [0.5, 0.6) is 0 Å². The van der Waals surface area contributed by atoms with Crippen molar-refractivity contribution in [2.24, 2.45) is 50.2 Å². The Morgan fingerprint density at radius 2 is 1.26 bits per heavy atom. The van der Waals surface area contributed by atoms with Gasteiger partial charge >= 0.3 is 11.9 Å². The van der Waals surface area contributed by atoms with Crippen LogP contribution in [-0.2, 0) is 42.7 Å². The number of fused-ring (bicyclic) bond motifs is 7. The van der Waals surface area contributed by atoms with Gasteiger partial charge < -0.3 is 94.4 Å². The van der Waals surface area contributed by atoms with Crippen molar-refractivity contribution in [1.82, 2.24) is 0 Å². The summed E-state index contributed by atoms with van der Waals surface area (Å²) in [5, 5.41) is 128. The average Bonchev–Trinajstić information content (AvgIpc) is 3.32. The van der Waals surface area contributed by atoms with Crippen molar-refractivity contribution in [3.05, 3.63) is 11.6 Å². The van der Waals surface area contributed by atoms with E-state index in [-0.39, 0.29) is 31.1 Å². The maximum atomic E-state index is 14.8. The highest BCUT2D eigenvalue weighted by atomic mass is 16.7. The lowest BCUT2D eigenvalue weighted by atomic mass is 9.33. The first kappa shape index (κ1) is 53.3. The highest BCUT2D eigenvalue weighted by molar-refractivity contribution is 5.81. The maximum Gasteiger partial charge on any atom is 0.315 e. The molecule has 0 aromatic heterocycles. The molecule has 4 saturated carbocycles. The maximum absolute atomic E-state index is 14.8. The van der Waals surface area contributed by atoms with Crippen LogP contribution in [-0.4, -0.2) is 205 Å². The van der Waals surface area contributed by atoms with E-state index < -0.39 is 175 Å². The van der Waals surface area contributed by atoms with Gasteiger partial charge in [0.1, 0.15) is 67.1 Å². The number of rotatable bonds is 10. The largest absolute Gasteiger partial charge is 0.469 e. The van der Waals surface area contributed by atoms with Crippen LogP contribution in [0.4, 0.5) is 0 Å². The minimum absolute atomic E-state index is 0.0678. The van der Waals surface area contributed by atoms with Crippen LogP contribution in [0.3, 0.4) is 0 Å². The quantitative estimate of drug-likeness (QED) is 0.0632. The summed E-state index contributed by atoms with van der Waals surface area (Å²) in [5.74, 6) is -1.90. The van der Waals surface area contributed by atoms with E-state index in [1.54, 1.807) is 0 Å². The van der Waals surface area contributed by atoms with E-state index in [4.69, 9.17) is 33.2 Å². The van der Waals surface area contributed by atoms with Crippen LogP contribution in [0.25, 0.3) is 0 Å². The molecule has 12 N–H and O–H groups in total. The molecular formula is C48H76O21. The molecule has 0 unspecified atom stereocenters. The summed E-state index contributed by atoms with van der Waals surface area (Å²) in [5.41, 5.74) is -3.81. The minimum Gasteiger partial charge on any atom is -0.469 e. The lowest BCUT2D eigenvalue weighted by Gasteiger charge is -2.71. The predicted octanol–water partition coefficient (Wildman–Crippen LogP) is -2.12. The molecule has 0 aromatic rings. The Balaban J connectivity index is 1.04. The van der Waals surface area contributed by atoms with E-state index in [2.05, 4.69) is 26.8 Å². The van der Waals surface area contributed by atoms with E-state index in [9.17, 15) is 70.9 Å². The van der Waals surface area contributed by atoms with Crippen LogP contribution in [0.15, 0.2) is 11.6 Å². The Bertz CT molecular complexity index is 1920. The number of esters is 2. The smallest absolute Gasteiger partial charge is 0.315 e. The van der Waals surface area contributed by atoms with Gasteiger partial charge in [-0.1, -0.05) is 39.3 Å². The summed E-state index contributed by atoms with van der Waals surface area (Å²) in [6, 6.07) is 0. The van der Waals surface area contributed by atoms with Crippen molar-refractivity contribution in [3.8, 4) is 0 Å². The van der Waals surface area contributed by atoms with Crippen molar-refractivity contribution in [1.29, 1.82) is 0 Å². The standard InChI is InChI=1S/C48H76O21/c1-43(41(61)63-6)11-13-48(42(62)69-40-36(60)33(57)30(54)25(18-50)66-40)14-12-46(4)21(22(48)15-43)7-8-28-44(2)16-23(52)37(45(3,20-51)27(44)9-10-47(28,46)5)68-38-34(58)31(55)26(19-64-38)67-39-35(59)32(56)29(53)24(17-49)65-39/h7,22-40,49-60H,8-20H2,1-6H3/t22-,23+,24-,25-,26+,27-,28-,29-,30+,31+,32+,33-,34+,35+,36-,37-,38-,39-,40+,43+,44-,45-,46-,47+,48+/m1/s1. The van der Waals surface area contributed by atoms with Gasteiger partial charge in [-0.15, -0.1) is 0 Å². The van der Waals surface area contributed by atoms with Crippen LogP contribution in [0, 0.1) is 50.2 Å². The van der Waals surface area contributed by atoms with E-state index >= 15 is 0 Å². The summed E-state index contributed by atoms with van der Waals surface area (Å²) in [6.07, 6.45) is -18.7. The van der Waals surface area contributed by atoms with Gasteiger partial charge in [0.2, 0.25) is 6.29 Å². The number of carbonyl (C=O) groups excluding carboxylic acids is 2. The average molecular weight is 989 g/mol. The van der Waals surface area contributed by atoms with Crippen LogP contribution in [0.1, 0.15) is 92.4 Å². The van der Waals surface area contributed by atoms with Gasteiger partial charge in [0.25, 0.3) is 0 Å². The van der Waals surface area contributed by atoms with Crippen molar-refractivity contribution < 1.29 is 104 Å². The summed E-state index contributed by atoms with van der Waals surface area (Å²) < 4.78 is 40.3. The van der Waals surface area contributed by atoms with Crippen molar-refractivity contribution >= 4 is 11.9 Å². The second kappa shape index (κ2) is 19.0. The lowest BCUT2D eigenvalue weighted by Crippen LogP contribution is -2.69. The fraction of sp³-hybridized carbons (Fsp3) is 0.917. The van der Waals surface area contributed by atoms with Gasteiger partial charge in [0, 0.05) is 5.41 Å². The zero-order valence-electron chi connectivity index (χ0n) is 40.3. The molecule has 7 fully saturated rings. The molecule has 8 aliphatic rings. The summed E-state index contributed by atoms with van der Waals surface area (Å²) >= 11 is 0. The molecule has 21 heteroatoms. The van der Waals surface area contributed by atoms with Gasteiger partial charge in [0.05, 0.1) is 56.6 Å². The molecule has 8 rings (SSSR count). The Kier molecular flexibility index (Phi) is 14.7. The number of aliphatic hydroxyl groups excluding tert-OH is 12. The summed E-state index contributed by atoms with van der Waals surface area (Å²) in [7, 11) is 1.34. The predicted molar refractivity (Wildman–Crippen MR) is 233 cm³/mol. The zero-order chi connectivity index (χ0) is 50.6. The third-order valence-corrected chi connectivity index (χ3v) is 19.5. The first-order chi connectivity index (χ1) is 32.4. The number of allylic oxidation sites excluding steroid dienone is 2. The molecule has 394 valence electrons. The van der Waals surface area contributed by atoms with Crippen LogP contribution in [0.2, 0.25) is 0 Å². The molecule has 0 amide bonds. The molecule has 0 bridgehead atoms. The Hall–Kier alpha value is -2.00. The van der Waals surface area contributed by atoms with Gasteiger partial charge in [-0.2, -0.15) is 0 Å². The Morgan fingerprint density at radius 1 is 0.667 bits per heavy atom. The second-order valence-corrected chi connectivity index (χ2v) is 22.9. The molecular weight excluding hydrogens is 913 g/mol. The SMILES string of the molecule is COC(=O)[C@@]1(C)CC[C@]2(C(=O)O[C@@H]3O[C@H](CO)[C@H](O)[C@@H](O)[C@H]3O)CC[C@]3(C)C(=CC[C@@H]4[C@]5(C)C[C@H](O)[C@@H](O[C@H]6OC[C@H](O[C@H]7O[C@H](CO)[C@@H](O)[C@H](O)[C@@H]7O)[C@H](O)[C@@H]6O)[C@](C)(CO)[C@@H]5CC[C@@]43C)[C@H]2C1. The number of carbonyl (C=O) groups is 2. The molecule has 0 radical (unpaired) electrons. The molecule has 3 saturated heterocycles. The number of hydrogen-bond donors (Lipinski definition) is 12. The van der Waals surface area contributed by atoms with Gasteiger partial charge in [-0.3, -0.25) is 9.59 Å². The van der Waals surface area contributed by atoms with Crippen molar-refractivity contribution in [2.75, 3.05) is 33.5 Å². The monoisotopic (exact) mass is 988 g/mol. The van der Waals surface area contributed by atoms with Gasteiger partial charge in [0.15, 0.2) is 12.6 Å². The van der Waals surface area contributed by atoms with Crippen molar-refractivity contribution in [2.45, 2.75) is 191 Å². The number of hydrogen-bond acceptors (Lipinski definition) is 21. The zero-order valence-corrected chi connectivity index (χ0v) is 40.3. The van der Waals surface area contributed by atoms with Crippen LogP contribution >= 0.6 is 0 Å². The third kappa shape index (κ3) is 8.16. The fourth-order valence-electron chi connectivity index (χ4n) is 15.1. The molecule has 25 atom stereocenters. The lowest BCUT2D eigenvalue weighted by molar-refractivity contribution is -0.357. The van der Waals surface area contributed by atoms with Gasteiger partial charge in [-0.05, 0) is 98.7 Å². The summed E-state index contributed by atoms with van der Waals surface area (Å²) in [6.45, 7) is 8.10. The molecule has 21 nitrogen and oxygen atoms in total. The number of methoxy groups -OCH3 is 1. The van der Waals surface area contributed by atoms with Crippen molar-refractivity contribution in [3.63, 3.8) is 0 Å². The topological polar surface area (TPSA) is 342 Å². The molecule has 69 heavy (non-hydrogen) atoms. The Morgan fingerprint density at radius 3 is 1.87 bits per heavy atom. The normalized spacial score (nSPS) is 54.2. The van der Waals surface area contributed by atoms with E-state index in [1.165, 1.54) is 7.11 Å². The number of ether oxygens (including phenoxy) is 7. The Labute approximate surface area is 401 Å². The second-order valence-electron chi connectivity index (χ2n) is 22.9. The molecule has 0 spiro atoms. The first-order valence-corrected chi connectivity index (χ1v) is 24.5. The van der Waals surface area contributed by atoms with Gasteiger partial charge in [-0.25, -0.2) is 0 Å². The third-order valence-electron chi connectivity index (χ3n) is 19.5. The molecule has 3 aliphatic heterocycles. The highest BCUT2D eigenvalue weighted by Gasteiger charge is 2.72. The number of aliphatic hydroxyl groups is 12. The minimum atomic E-state index is -1.80. The molecule has 5 aliphatic carbocycles. The van der Waals surface area contributed by atoms with Crippen LogP contribution < -0.4 is 0 Å². The van der Waals surface area contributed by atoms with E-state index in [0.717, 1.165) is 5.57 Å². The first-order valence-electron chi connectivity index (χ1n) is 24.5. The van der Waals surface area contributed by atoms with E-state index in [1.807, 2.05) is 13.8 Å². The molecule has 0 aromatic carbocycles. The fourth-order valence-corrected chi connectivity index (χ4v) is 15.1. The highest BCUT2D eigenvalue weighted by Crippen LogP contribution is 2.76. The van der Waals surface area contributed by atoms with E-state index in [0.29, 0.717) is 38.5 Å². The molecule has 3 heterocycles. The summed E-state index contributed by atoms with van der Waals surface area (Å²) in [4.78, 5) is 28.3.